The first-order valence-corrected chi connectivity index (χ1v) is 25.7. The normalized spacial score (nSPS) is 11.8. The molecule has 0 spiro atoms. The van der Waals surface area contributed by atoms with Gasteiger partial charge in [0.25, 0.3) is 0 Å². The Bertz CT molecular complexity index is 1100. The summed E-state index contributed by atoms with van der Waals surface area (Å²) < 4.78 is 120. The van der Waals surface area contributed by atoms with Crippen LogP contribution < -0.4 is 0 Å². The third-order valence-electron chi connectivity index (χ3n) is 8.50. The van der Waals surface area contributed by atoms with Gasteiger partial charge in [0.15, 0.2) is 0 Å². The number of esters is 1. The van der Waals surface area contributed by atoms with Crippen molar-refractivity contribution >= 4 is 5.97 Å². The fourth-order valence-electron chi connectivity index (χ4n) is 5.08. The number of rotatable bonds is 64. The van der Waals surface area contributed by atoms with Gasteiger partial charge in [0.2, 0.25) is 0 Å². The molecular formula is C50H96O23. The maximum atomic E-state index is 11.6. The van der Waals surface area contributed by atoms with Crippen molar-refractivity contribution < 1.29 is 109 Å². The predicted molar refractivity (Wildman–Crippen MR) is 266 cm³/mol. The highest BCUT2D eigenvalue weighted by Gasteiger charge is 2.15. The minimum Gasteiger partial charge on any atom is -0.460 e. The van der Waals surface area contributed by atoms with Gasteiger partial charge in [-0.2, -0.15) is 0 Å². The van der Waals surface area contributed by atoms with E-state index in [0.717, 1.165) is 0 Å². The molecule has 0 fully saturated rings. The van der Waals surface area contributed by atoms with Crippen molar-refractivity contribution in [3.05, 3.63) is 0 Å². The van der Waals surface area contributed by atoms with Gasteiger partial charge in [-0.3, -0.25) is 4.79 Å². The summed E-state index contributed by atoms with van der Waals surface area (Å²) in [5, 5.41) is 0. The van der Waals surface area contributed by atoms with E-state index in [4.69, 9.17) is 111 Å². The second-order valence-electron chi connectivity index (χ2n) is 15.8. The van der Waals surface area contributed by atoms with Crippen LogP contribution in [0.15, 0.2) is 0 Å². The van der Waals surface area contributed by atoms with Gasteiger partial charge in [-0.25, -0.2) is 0 Å². The van der Waals surface area contributed by atoms with Gasteiger partial charge in [-0.1, -0.05) is 5.92 Å². The van der Waals surface area contributed by atoms with Gasteiger partial charge >= 0.3 is 5.97 Å². The average Bonchev–Trinajstić information content (AvgIpc) is 3.37. The minimum atomic E-state index is -0.482. The topological polar surface area (TPSA) is 220 Å². The van der Waals surface area contributed by atoms with E-state index in [1.807, 2.05) is 20.8 Å². The zero-order valence-corrected chi connectivity index (χ0v) is 44.9. The van der Waals surface area contributed by atoms with E-state index in [1.54, 1.807) is 0 Å². The summed E-state index contributed by atoms with van der Waals surface area (Å²) in [7, 11) is 0. The molecule has 0 heterocycles. The fraction of sp³-hybridized carbons (Fsp3) is 0.940. The summed E-state index contributed by atoms with van der Waals surface area (Å²) in [6.45, 7) is 25.4. The summed E-state index contributed by atoms with van der Waals surface area (Å²) >= 11 is 0. The Morgan fingerprint density at radius 1 is 0.260 bits per heavy atom. The highest BCUT2D eigenvalue weighted by atomic mass is 16.6. The molecule has 0 radical (unpaired) electrons. The molecule has 0 aliphatic carbocycles. The number of hydrogen-bond donors (Lipinski definition) is 0. The lowest BCUT2D eigenvalue weighted by Crippen LogP contribution is -2.24. The zero-order valence-electron chi connectivity index (χ0n) is 44.9. The second kappa shape index (κ2) is 62.7. The standard InChI is InChI=1S/C50H96O23/c1-5-7-52-9-11-54-13-15-56-17-19-58-21-23-60-25-27-62-29-31-64-33-35-66-37-39-68-41-43-70-45-47-72-48-46-71-44-42-69-40-38-67-36-34-65-32-30-63-28-26-61-24-22-59-20-18-57-16-14-55-12-10-53-8-6-49(51)73-50(2,3)4/h1H,6-48H2,2-4H3. The number of ether oxygens (including phenoxy) is 22. The van der Waals surface area contributed by atoms with Crippen LogP contribution in [0.25, 0.3) is 0 Å². The van der Waals surface area contributed by atoms with Gasteiger partial charge in [-0.15, -0.1) is 6.42 Å². The second-order valence-corrected chi connectivity index (χ2v) is 15.8. The Hall–Kier alpha value is -1.81. The first-order chi connectivity index (χ1) is 36.0. The zero-order chi connectivity index (χ0) is 52.7. The summed E-state index contributed by atoms with van der Waals surface area (Å²) in [5.41, 5.74) is -0.482. The van der Waals surface area contributed by atoms with Crippen LogP contribution in [0.3, 0.4) is 0 Å². The molecule has 0 saturated heterocycles. The largest absolute Gasteiger partial charge is 0.460 e. The maximum Gasteiger partial charge on any atom is 0.308 e. The summed E-state index contributed by atoms with van der Waals surface area (Å²) in [5.74, 6) is 2.13. The van der Waals surface area contributed by atoms with Crippen LogP contribution in [0.2, 0.25) is 0 Å². The van der Waals surface area contributed by atoms with Crippen LogP contribution in [0.1, 0.15) is 27.2 Å². The number of carbonyl (C=O) groups is 1. The van der Waals surface area contributed by atoms with Crippen LogP contribution in [-0.4, -0.2) is 289 Å². The Kier molecular flexibility index (Phi) is 61.2. The van der Waals surface area contributed by atoms with E-state index in [9.17, 15) is 4.79 Å². The van der Waals surface area contributed by atoms with Crippen LogP contribution in [0.5, 0.6) is 0 Å². The van der Waals surface area contributed by atoms with Crippen molar-refractivity contribution in [1.29, 1.82) is 0 Å². The average molecular weight is 1070 g/mol. The first-order valence-electron chi connectivity index (χ1n) is 25.7. The lowest BCUT2D eigenvalue weighted by atomic mass is 10.2. The van der Waals surface area contributed by atoms with Crippen molar-refractivity contribution in [3.63, 3.8) is 0 Å². The van der Waals surface area contributed by atoms with E-state index < -0.39 is 5.60 Å². The number of terminal acetylenes is 1. The molecule has 0 rings (SSSR count). The Morgan fingerprint density at radius 3 is 0.534 bits per heavy atom. The molecule has 0 aliphatic rings. The molecular weight excluding hydrogens is 969 g/mol. The summed E-state index contributed by atoms with van der Waals surface area (Å²) in [4.78, 5) is 11.6. The van der Waals surface area contributed by atoms with E-state index >= 15 is 0 Å². The number of carbonyl (C=O) groups excluding carboxylic acids is 1. The van der Waals surface area contributed by atoms with Gasteiger partial charge in [0, 0.05) is 0 Å². The van der Waals surface area contributed by atoms with Crippen molar-refractivity contribution in [2.24, 2.45) is 0 Å². The van der Waals surface area contributed by atoms with Gasteiger partial charge < -0.3 is 104 Å². The van der Waals surface area contributed by atoms with Crippen LogP contribution in [-0.2, 0) is 109 Å². The molecule has 0 aromatic rings. The van der Waals surface area contributed by atoms with E-state index in [0.29, 0.717) is 277 Å². The SMILES string of the molecule is C#CCOCCOCCOCCOCCOCCOCCOCCOCCOCCOCCOCCOCCOCCOCCOCCOCCOCCOCCOCCOCCOCCC(=O)OC(C)(C)C. The number of hydrogen-bond acceptors (Lipinski definition) is 23. The maximum absolute atomic E-state index is 11.6. The quantitative estimate of drug-likeness (QED) is 0.0481. The molecule has 434 valence electrons. The first kappa shape index (κ1) is 71.2. The smallest absolute Gasteiger partial charge is 0.308 e. The minimum absolute atomic E-state index is 0.225. The van der Waals surface area contributed by atoms with E-state index in [2.05, 4.69) is 5.92 Å². The summed E-state index contributed by atoms with van der Waals surface area (Å²) in [6.07, 6.45) is 5.32. The van der Waals surface area contributed by atoms with Crippen molar-refractivity contribution in [3.8, 4) is 12.3 Å². The Morgan fingerprint density at radius 2 is 0.397 bits per heavy atom. The summed E-state index contributed by atoms with van der Waals surface area (Å²) in [6, 6.07) is 0. The van der Waals surface area contributed by atoms with Crippen molar-refractivity contribution in [1.82, 2.24) is 0 Å². The molecule has 0 N–H and O–H groups in total. The van der Waals surface area contributed by atoms with E-state index in [1.165, 1.54) is 0 Å². The molecule has 0 aromatic heterocycles. The van der Waals surface area contributed by atoms with Crippen LogP contribution in [0.4, 0.5) is 0 Å². The molecule has 23 heteroatoms. The molecule has 0 aliphatic heterocycles. The van der Waals surface area contributed by atoms with Gasteiger partial charge in [0.05, 0.1) is 277 Å². The molecule has 0 aromatic carbocycles. The highest BCUT2D eigenvalue weighted by molar-refractivity contribution is 5.69. The highest BCUT2D eigenvalue weighted by Crippen LogP contribution is 2.08. The Balaban J connectivity index is 3.10. The molecule has 0 atom stereocenters. The van der Waals surface area contributed by atoms with Crippen molar-refractivity contribution in [2.75, 3.05) is 277 Å². The van der Waals surface area contributed by atoms with Crippen molar-refractivity contribution in [2.45, 2.75) is 32.8 Å². The fourth-order valence-corrected chi connectivity index (χ4v) is 5.08. The molecule has 0 amide bonds. The molecule has 0 saturated carbocycles. The third kappa shape index (κ3) is 68.2. The van der Waals surface area contributed by atoms with Crippen LogP contribution in [0, 0.1) is 12.3 Å². The van der Waals surface area contributed by atoms with Crippen LogP contribution >= 0.6 is 0 Å². The molecule has 0 unspecified atom stereocenters. The monoisotopic (exact) mass is 1060 g/mol. The molecule has 23 nitrogen and oxygen atoms in total. The van der Waals surface area contributed by atoms with Gasteiger partial charge in [0.1, 0.15) is 12.2 Å². The Labute approximate surface area is 436 Å². The lowest BCUT2D eigenvalue weighted by Gasteiger charge is -2.19. The molecule has 0 bridgehead atoms. The van der Waals surface area contributed by atoms with E-state index in [-0.39, 0.29) is 12.4 Å². The van der Waals surface area contributed by atoms with Gasteiger partial charge in [-0.05, 0) is 20.8 Å². The lowest BCUT2D eigenvalue weighted by molar-refractivity contribution is -0.156. The molecule has 73 heavy (non-hydrogen) atoms. The third-order valence-corrected chi connectivity index (χ3v) is 8.50. The predicted octanol–water partition coefficient (Wildman–Crippen LogP) is 1.70.